The number of aliphatic hydroxyl groups excluding tert-OH is 2. The number of nitrogens with two attached hydrogens (primary N) is 1. The Labute approximate surface area is 279 Å². The normalized spacial score (nSPS) is 38.3. The van der Waals surface area contributed by atoms with Crippen molar-refractivity contribution < 1.29 is 25.2 Å². The van der Waals surface area contributed by atoms with E-state index in [1.165, 1.54) is 51.9 Å². The molecule has 9 N–H and O–H groups in total. The predicted molar refractivity (Wildman–Crippen MR) is 184 cm³/mol. The molecule has 0 amide bonds. The summed E-state index contributed by atoms with van der Waals surface area (Å²) in [6.45, 7) is 14.5. The fourth-order valence-corrected chi connectivity index (χ4v) is 10.9. The molecular formula is C37H70N4O5. The van der Waals surface area contributed by atoms with E-state index in [-0.39, 0.29) is 17.9 Å². The largest absolute Gasteiger partial charge is 0.479 e. The van der Waals surface area contributed by atoms with Crippen LogP contribution in [0.5, 0.6) is 0 Å². The zero-order valence-electron chi connectivity index (χ0n) is 29.6. The Morgan fingerprint density at radius 2 is 1.52 bits per heavy atom. The third-order valence-corrected chi connectivity index (χ3v) is 13.9. The van der Waals surface area contributed by atoms with Gasteiger partial charge in [0.1, 0.15) is 0 Å². The molecule has 4 aliphatic carbocycles. The molecule has 0 aromatic rings. The lowest BCUT2D eigenvalue weighted by Gasteiger charge is -2.62. The van der Waals surface area contributed by atoms with E-state index in [1.54, 1.807) is 0 Å². The number of rotatable bonds is 19. The number of unbranched alkanes of at least 4 members (excludes halogenated alkanes) is 1. The van der Waals surface area contributed by atoms with Crippen LogP contribution in [0.4, 0.5) is 0 Å². The average Bonchev–Trinajstić information content (AvgIpc) is 3.37. The van der Waals surface area contributed by atoms with Crippen molar-refractivity contribution in [2.75, 3.05) is 39.3 Å². The molecule has 4 rings (SSSR count). The van der Waals surface area contributed by atoms with E-state index in [9.17, 15) is 25.2 Å². The predicted octanol–water partition coefficient (Wildman–Crippen LogP) is 3.89. The molecule has 0 bridgehead atoms. The van der Waals surface area contributed by atoms with Crippen molar-refractivity contribution in [1.82, 2.24) is 16.0 Å². The number of aliphatic hydroxyl groups is 3. The number of aliphatic carboxylic acids is 1. The molecule has 0 radical (unpaired) electrons. The molecule has 268 valence electrons. The van der Waals surface area contributed by atoms with Crippen LogP contribution in [0.15, 0.2) is 0 Å². The lowest BCUT2D eigenvalue weighted by molar-refractivity contribution is -0.170. The first-order valence-electron chi connectivity index (χ1n) is 19.0. The van der Waals surface area contributed by atoms with Crippen molar-refractivity contribution in [3.05, 3.63) is 0 Å². The van der Waals surface area contributed by atoms with Crippen molar-refractivity contribution >= 4 is 5.97 Å². The van der Waals surface area contributed by atoms with Gasteiger partial charge in [0.05, 0.1) is 12.2 Å². The van der Waals surface area contributed by atoms with Crippen LogP contribution in [-0.2, 0) is 4.79 Å². The van der Waals surface area contributed by atoms with E-state index in [1.807, 2.05) is 0 Å². The van der Waals surface area contributed by atoms with E-state index >= 15 is 0 Å². The van der Waals surface area contributed by atoms with Gasteiger partial charge >= 0.3 is 5.97 Å². The Balaban J connectivity index is 1.22. The van der Waals surface area contributed by atoms with Gasteiger partial charge in [0.2, 0.25) is 0 Å². The molecule has 12 atom stereocenters. The van der Waals surface area contributed by atoms with Gasteiger partial charge in [-0.2, -0.15) is 0 Å². The maximum absolute atomic E-state index is 11.8. The van der Waals surface area contributed by atoms with Gasteiger partial charge < -0.3 is 42.1 Å². The number of carboxylic acid groups (broad SMARTS) is 1. The third-order valence-electron chi connectivity index (χ3n) is 13.9. The molecule has 0 spiro atoms. The summed E-state index contributed by atoms with van der Waals surface area (Å²) < 4.78 is 0. The fraction of sp³-hybridized carbons (Fsp3) is 0.973. The van der Waals surface area contributed by atoms with Gasteiger partial charge in [-0.15, -0.1) is 0 Å². The van der Waals surface area contributed by atoms with E-state index in [2.05, 4.69) is 36.7 Å². The molecule has 4 fully saturated rings. The van der Waals surface area contributed by atoms with E-state index in [0.717, 1.165) is 71.4 Å². The Kier molecular flexibility index (Phi) is 13.8. The quantitative estimate of drug-likeness (QED) is 0.0971. The van der Waals surface area contributed by atoms with Gasteiger partial charge in [0, 0.05) is 6.04 Å². The average molecular weight is 651 g/mol. The van der Waals surface area contributed by atoms with Gasteiger partial charge in [-0.05, 0) is 182 Å². The summed E-state index contributed by atoms with van der Waals surface area (Å²) in [6.07, 6.45) is 13.4. The molecule has 4 aliphatic rings. The number of nitrogens with one attached hydrogen (secondary N) is 3. The highest BCUT2D eigenvalue weighted by atomic mass is 16.4. The summed E-state index contributed by atoms with van der Waals surface area (Å²) in [6, 6.07) is 0.559. The molecule has 0 saturated heterocycles. The van der Waals surface area contributed by atoms with Crippen molar-refractivity contribution in [2.45, 2.75) is 141 Å². The van der Waals surface area contributed by atoms with Gasteiger partial charge in [0.15, 0.2) is 5.60 Å². The van der Waals surface area contributed by atoms with Gasteiger partial charge in [0.25, 0.3) is 0 Å². The second-order valence-corrected chi connectivity index (χ2v) is 16.7. The topological polar surface area (TPSA) is 160 Å². The highest BCUT2D eigenvalue weighted by molar-refractivity contribution is 5.77. The van der Waals surface area contributed by atoms with Crippen LogP contribution in [0.1, 0.15) is 118 Å². The number of carboxylic acids is 1. The van der Waals surface area contributed by atoms with Crippen LogP contribution in [0.3, 0.4) is 0 Å². The standard InChI is InChI=1S/C37H70N4O5/c1-25(9-12-32(43)37(4,46)34(44)45)28-10-11-29-33-30(14-16-36(28,29)3)35(2)15-13-27(23-26(35)24-31(33)42)41-22-8-21-40-19-6-5-18-39-20-7-17-38/h25-33,39-43,46H,5-24,38H2,1-4H3,(H,44,45)/t25-,26-,27+,28-,29?,30?,31-,32?,33?,35+,36-,37?/m1/s1. The first kappa shape index (κ1) is 38.0. The fourth-order valence-electron chi connectivity index (χ4n) is 10.9. The molecule has 0 aromatic heterocycles. The van der Waals surface area contributed by atoms with Crippen LogP contribution in [0, 0.1) is 46.3 Å². The number of fused-ring (bicyclic) bond motifs is 5. The first-order chi connectivity index (χ1) is 21.9. The lowest BCUT2D eigenvalue weighted by Crippen LogP contribution is -2.59. The molecule has 9 nitrogen and oxygen atoms in total. The van der Waals surface area contributed by atoms with Crippen molar-refractivity contribution in [1.29, 1.82) is 0 Å². The Morgan fingerprint density at radius 1 is 0.891 bits per heavy atom. The van der Waals surface area contributed by atoms with Gasteiger partial charge in [-0.25, -0.2) is 4.79 Å². The van der Waals surface area contributed by atoms with Crippen LogP contribution < -0.4 is 21.7 Å². The Bertz CT molecular complexity index is 953. The maximum atomic E-state index is 11.8. The summed E-state index contributed by atoms with van der Waals surface area (Å²) in [5, 5.41) is 52.7. The van der Waals surface area contributed by atoms with E-state index in [0.29, 0.717) is 53.4 Å². The second-order valence-electron chi connectivity index (χ2n) is 16.7. The molecule has 0 aromatic carbocycles. The number of carbonyl (C=O) groups is 1. The van der Waals surface area contributed by atoms with E-state index < -0.39 is 17.7 Å². The smallest absolute Gasteiger partial charge is 0.338 e. The molecule has 46 heavy (non-hydrogen) atoms. The highest BCUT2D eigenvalue weighted by Gasteiger charge is 2.62. The maximum Gasteiger partial charge on any atom is 0.338 e. The zero-order chi connectivity index (χ0) is 33.5. The van der Waals surface area contributed by atoms with E-state index in [4.69, 9.17) is 5.73 Å². The summed E-state index contributed by atoms with van der Waals surface area (Å²) in [5.41, 5.74) is 3.88. The first-order valence-corrected chi connectivity index (χ1v) is 19.0. The van der Waals surface area contributed by atoms with Crippen molar-refractivity contribution in [2.24, 2.45) is 52.1 Å². The molecular weight excluding hydrogens is 580 g/mol. The van der Waals surface area contributed by atoms with Crippen LogP contribution in [0.25, 0.3) is 0 Å². The molecule has 5 unspecified atom stereocenters. The molecule has 4 saturated carbocycles. The minimum Gasteiger partial charge on any atom is -0.479 e. The number of hydrogen-bond acceptors (Lipinski definition) is 8. The van der Waals surface area contributed by atoms with Gasteiger partial charge in [-0.3, -0.25) is 0 Å². The molecule has 0 heterocycles. The summed E-state index contributed by atoms with van der Waals surface area (Å²) >= 11 is 0. The van der Waals surface area contributed by atoms with Gasteiger partial charge in [-0.1, -0.05) is 20.8 Å². The summed E-state index contributed by atoms with van der Waals surface area (Å²) in [5.74, 6) is 1.51. The Morgan fingerprint density at radius 3 is 2.20 bits per heavy atom. The third kappa shape index (κ3) is 8.48. The molecule has 9 heteroatoms. The Hall–Kier alpha value is -0.810. The lowest BCUT2D eigenvalue weighted by atomic mass is 9.43. The SMILES string of the molecule is C[C@H](CCC(O)C(C)(O)C(=O)O)[C@H]1CCC2C3C(CC[C@@]21C)[C@@]1(C)CC[C@H](NCCCNCCCCNCCCN)C[C@@H]1C[C@H]3O. The minimum absolute atomic E-state index is 0.166. The monoisotopic (exact) mass is 651 g/mol. The molecule has 0 aliphatic heterocycles. The van der Waals surface area contributed by atoms with Crippen LogP contribution in [-0.4, -0.2) is 89.5 Å². The minimum atomic E-state index is -2.12. The second kappa shape index (κ2) is 16.7. The van der Waals surface area contributed by atoms with Crippen LogP contribution >= 0.6 is 0 Å². The number of hydrogen-bond donors (Lipinski definition) is 8. The van der Waals surface area contributed by atoms with Crippen molar-refractivity contribution in [3.8, 4) is 0 Å². The zero-order valence-corrected chi connectivity index (χ0v) is 29.6. The highest BCUT2D eigenvalue weighted by Crippen LogP contribution is 2.68. The summed E-state index contributed by atoms with van der Waals surface area (Å²) in [7, 11) is 0. The van der Waals surface area contributed by atoms with Crippen LogP contribution in [0.2, 0.25) is 0 Å². The van der Waals surface area contributed by atoms with Crippen molar-refractivity contribution in [3.63, 3.8) is 0 Å². The summed E-state index contributed by atoms with van der Waals surface area (Å²) in [4.78, 5) is 11.4.